The SMILES string of the molecule is COCC(CCO)NC(=O)CNC(=O)C(C)(C)C. The maximum atomic E-state index is 11.6. The number of aliphatic hydroxyl groups excluding tert-OH is 1. The lowest BCUT2D eigenvalue weighted by Gasteiger charge is -2.19. The van der Waals surface area contributed by atoms with Crippen LogP contribution in [0.2, 0.25) is 0 Å². The van der Waals surface area contributed by atoms with E-state index in [2.05, 4.69) is 10.6 Å². The van der Waals surface area contributed by atoms with Gasteiger partial charge in [-0.3, -0.25) is 9.59 Å². The Morgan fingerprint density at radius 3 is 2.39 bits per heavy atom. The number of hydrogen-bond acceptors (Lipinski definition) is 4. The fourth-order valence-corrected chi connectivity index (χ4v) is 1.26. The van der Waals surface area contributed by atoms with Crippen LogP contribution in [-0.4, -0.2) is 49.8 Å². The first kappa shape index (κ1) is 16.9. The van der Waals surface area contributed by atoms with E-state index in [1.54, 1.807) is 20.8 Å². The molecule has 0 saturated heterocycles. The molecule has 0 heterocycles. The third-order valence-electron chi connectivity index (χ3n) is 2.30. The third-order valence-corrected chi connectivity index (χ3v) is 2.30. The van der Waals surface area contributed by atoms with Crippen LogP contribution in [0.3, 0.4) is 0 Å². The van der Waals surface area contributed by atoms with Crippen molar-refractivity contribution in [3.8, 4) is 0 Å². The van der Waals surface area contributed by atoms with Crippen molar-refractivity contribution in [1.82, 2.24) is 10.6 Å². The van der Waals surface area contributed by atoms with Crippen molar-refractivity contribution >= 4 is 11.8 Å². The predicted octanol–water partition coefficient (Wildman–Crippen LogP) is -0.338. The summed E-state index contributed by atoms with van der Waals surface area (Å²) in [5, 5.41) is 14.1. The molecule has 0 rings (SSSR count). The summed E-state index contributed by atoms with van der Waals surface area (Å²) >= 11 is 0. The molecule has 2 amide bonds. The van der Waals surface area contributed by atoms with Gasteiger partial charge in [0.25, 0.3) is 0 Å². The van der Waals surface area contributed by atoms with Gasteiger partial charge >= 0.3 is 0 Å². The van der Waals surface area contributed by atoms with Crippen molar-refractivity contribution < 1.29 is 19.4 Å². The molecule has 18 heavy (non-hydrogen) atoms. The number of methoxy groups -OCH3 is 1. The van der Waals surface area contributed by atoms with E-state index in [-0.39, 0.29) is 31.0 Å². The zero-order valence-electron chi connectivity index (χ0n) is 11.6. The number of ether oxygens (including phenoxy) is 1. The zero-order valence-corrected chi connectivity index (χ0v) is 11.6. The Morgan fingerprint density at radius 1 is 1.33 bits per heavy atom. The van der Waals surface area contributed by atoms with Crippen molar-refractivity contribution in [3.05, 3.63) is 0 Å². The minimum absolute atomic E-state index is 0.0251. The maximum Gasteiger partial charge on any atom is 0.239 e. The fraction of sp³-hybridized carbons (Fsp3) is 0.833. The second-order valence-corrected chi connectivity index (χ2v) is 5.16. The summed E-state index contributed by atoms with van der Waals surface area (Å²) in [7, 11) is 1.53. The minimum Gasteiger partial charge on any atom is -0.396 e. The van der Waals surface area contributed by atoms with Crippen LogP contribution in [0, 0.1) is 5.41 Å². The van der Waals surface area contributed by atoms with E-state index in [0.29, 0.717) is 13.0 Å². The first-order valence-corrected chi connectivity index (χ1v) is 5.98. The van der Waals surface area contributed by atoms with Crippen molar-refractivity contribution in [3.63, 3.8) is 0 Å². The van der Waals surface area contributed by atoms with Crippen LogP contribution in [0.25, 0.3) is 0 Å². The van der Waals surface area contributed by atoms with Gasteiger partial charge in [0.05, 0.1) is 19.2 Å². The summed E-state index contributed by atoms with van der Waals surface area (Å²) in [4.78, 5) is 23.1. The van der Waals surface area contributed by atoms with Crippen LogP contribution in [0.15, 0.2) is 0 Å². The average molecular weight is 260 g/mol. The summed E-state index contributed by atoms with van der Waals surface area (Å²) in [5.74, 6) is -0.466. The lowest BCUT2D eigenvalue weighted by atomic mass is 9.96. The van der Waals surface area contributed by atoms with Gasteiger partial charge in [0.2, 0.25) is 11.8 Å². The normalized spacial score (nSPS) is 12.9. The van der Waals surface area contributed by atoms with Gasteiger partial charge in [0.15, 0.2) is 0 Å². The van der Waals surface area contributed by atoms with Crippen LogP contribution >= 0.6 is 0 Å². The highest BCUT2D eigenvalue weighted by Gasteiger charge is 2.21. The standard InChI is InChI=1S/C12H24N2O4/c1-12(2,3)11(17)13-7-10(16)14-9(5-6-15)8-18-4/h9,15H,5-8H2,1-4H3,(H,13,17)(H,14,16). The van der Waals surface area contributed by atoms with Gasteiger partial charge in [-0.15, -0.1) is 0 Å². The van der Waals surface area contributed by atoms with E-state index in [0.717, 1.165) is 0 Å². The molecule has 0 aromatic carbocycles. The molecular weight excluding hydrogens is 236 g/mol. The lowest BCUT2D eigenvalue weighted by Crippen LogP contribution is -2.46. The number of carbonyl (C=O) groups excluding carboxylic acids is 2. The monoisotopic (exact) mass is 260 g/mol. The molecule has 1 atom stereocenters. The highest BCUT2D eigenvalue weighted by molar-refractivity contribution is 5.87. The van der Waals surface area contributed by atoms with Gasteiger partial charge in [-0.05, 0) is 6.42 Å². The number of nitrogens with one attached hydrogen (secondary N) is 2. The second kappa shape index (κ2) is 8.05. The van der Waals surface area contributed by atoms with Gasteiger partial charge in [0.1, 0.15) is 0 Å². The Kier molecular flexibility index (Phi) is 7.54. The molecule has 0 spiro atoms. The van der Waals surface area contributed by atoms with Crippen molar-refractivity contribution in [2.45, 2.75) is 33.2 Å². The molecule has 0 fully saturated rings. The second-order valence-electron chi connectivity index (χ2n) is 5.16. The van der Waals surface area contributed by atoms with Gasteiger partial charge in [-0.2, -0.15) is 0 Å². The molecule has 0 aliphatic rings. The molecule has 3 N–H and O–H groups in total. The highest BCUT2D eigenvalue weighted by Crippen LogP contribution is 2.11. The molecule has 0 saturated carbocycles. The van der Waals surface area contributed by atoms with E-state index in [4.69, 9.17) is 9.84 Å². The Balaban J connectivity index is 4.05. The summed E-state index contributed by atoms with van der Waals surface area (Å²) in [6.45, 7) is 5.57. The number of aliphatic hydroxyl groups is 1. The van der Waals surface area contributed by atoms with E-state index in [1.165, 1.54) is 7.11 Å². The summed E-state index contributed by atoms with van der Waals surface area (Å²) in [6.07, 6.45) is 0.423. The smallest absolute Gasteiger partial charge is 0.239 e. The first-order valence-electron chi connectivity index (χ1n) is 5.98. The van der Waals surface area contributed by atoms with Gasteiger partial charge in [0, 0.05) is 19.1 Å². The van der Waals surface area contributed by atoms with Crippen LogP contribution in [-0.2, 0) is 14.3 Å². The van der Waals surface area contributed by atoms with Gasteiger partial charge in [-0.1, -0.05) is 20.8 Å². The Morgan fingerprint density at radius 2 is 1.94 bits per heavy atom. The molecule has 6 nitrogen and oxygen atoms in total. The quantitative estimate of drug-likeness (QED) is 0.584. The maximum absolute atomic E-state index is 11.6. The predicted molar refractivity (Wildman–Crippen MR) is 68.0 cm³/mol. The molecular formula is C12H24N2O4. The molecule has 0 aromatic rings. The zero-order chi connectivity index (χ0) is 14.2. The van der Waals surface area contributed by atoms with Crippen LogP contribution < -0.4 is 10.6 Å². The highest BCUT2D eigenvalue weighted by atomic mass is 16.5. The first-order chi connectivity index (χ1) is 8.31. The van der Waals surface area contributed by atoms with E-state index in [9.17, 15) is 9.59 Å². The summed E-state index contributed by atoms with van der Waals surface area (Å²) < 4.78 is 4.92. The van der Waals surface area contributed by atoms with Gasteiger partial charge in [-0.25, -0.2) is 0 Å². The van der Waals surface area contributed by atoms with E-state index < -0.39 is 5.41 Å². The lowest BCUT2D eigenvalue weighted by molar-refractivity contribution is -0.131. The number of carbonyl (C=O) groups is 2. The van der Waals surface area contributed by atoms with E-state index >= 15 is 0 Å². The Hall–Kier alpha value is -1.14. The topological polar surface area (TPSA) is 87.7 Å². The van der Waals surface area contributed by atoms with Crippen LogP contribution in [0.5, 0.6) is 0 Å². The van der Waals surface area contributed by atoms with Crippen molar-refractivity contribution in [1.29, 1.82) is 0 Å². The molecule has 106 valence electrons. The molecule has 0 radical (unpaired) electrons. The number of rotatable bonds is 7. The van der Waals surface area contributed by atoms with Crippen LogP contribution in [0.1, 0.15) is 27.2 Å². The molecule has 0 aliphatic heterocycles. The molecule has 0 aliphatic carbocycles. The number of hydrogen-bond donors (Lipinski definition) is 3. The Bertz CT molecular complexity index is 268. The number of amides is 2. The van der Waals surface area contributed by atoms with Crippen molar-refractivity contribution in [2.24, 2.45) is 5.41 Å². The van der Waals surface area contributed by atoms with E-state index in [1.807, 2.05) is 0 Å². The largest absolute Gasteiger partial charge is 0.396 e. The Labute approximate surface area is 108 Å². The fourth-order valence-electron chi connectivity index (χ4n) is 1.26. The molecule has 0 aromatic heterocycles. The summed E-state index contributed by atoms with van der Waals surface area (Å²) in [6, 6.07) is -0.237. The van der Waals surface area contributed by atoms with Crippen molar-refractivity contribution in [2.75, 3.05) is 26.9 Å². The molecule has 0 bridgehead atoms. The molecule has 6 heteroatoms. The molecule has 1 unspecified atom stereocenters. The van der Waals surface area contributed by atoms with Crippen LogP contribution in [0.4, 0.5) is 0 Å². The van der Waals surface area contributed by atoms with Gasteiger partial charge < -0.3 is 20.5 Å². The minimum atomic E-state index is -0.517. The average Bonchev–Trinajstić information content (AvgIpc) is 2.25. The third kappa shape index (κ3) is 7.24. The summed E-state index contributed by atoms with van der Waals surface area (Å²) in [5.41, 5.74) is -0.517.